The number of hydrogen-bond acceptors (Lipinski definition) is 4. The van der Waals surface area contributed by atoms with Crippen molar-refractivity contribution in [3.05, 3.63) is 44.4 Å². The summed E-state index contributed by atoms with van der Waals surface area (Å²) in [6, 6.07) is 3.91. The third-order valence-electron chi connectivity index (χ3n) is 2.73. The summed E-state index contributed by atoms with van der Waals surface area (Å²) in [7, 11) is 1.91. The van der Waals surface area contributed by atoms with Crippen molar-refractivity contribution >= 4 is 22.9 Å². The quantitative estimate of drug-likeness (QED) is 0.913. The highest BCUT2D eigenvalue weighted by atomic mass is 35.5. The van der Waals surface area contributed by atoms with Gasteiger partial charge < -0.3 is 10.1 Å². The Hall–Kier alpha value is -1.10. The average Bonchev–Trinajstić information content (AvgIpc) is 2.81. The molecule has 3 nitrogen and oxygen atoms in total. The Morgan fingerprint density at radius 1 is 1.32 bits per heavy atom. The van der Waals surface area contributed by atoms with E-state index in [1.165, 1.54) is 0 Å². The summed E-state index contributed by atoms with van der Waals surface area (Å²) in [4.78, 5) is 4.48. The largest absolute Gasteiger partial charge is 0.486 e. The molecule has 0 amide bonds. The minimum Gasteiger partial charge on any atom is -0.486 e. The van der Waals surface area contributed by atoms with Crippen molar-refractivity contribution in [3.8, 4) is 5.75 Å². The number of halogens is 1. The Bertz CT molecular complexity index is 545. The van der Waals surface area contributed by atoms with Crippen LogP contribution in [0.2, 0.25) is 5.02 Å². The van der Waals surface area contributed by atoms with E-state index in [0.717, 1.165) is 39.1 Å². The van der Waals surface area contributed by atoms with Crippen molar-refractivity contribution in [2.45, 2.75) is 27.0 Å². The zero-order valence-electron chi connectivity index (χ0n) is 11.3. The summed E-state index contributed by atoms with van der Waals surface area (Å²) in [5.74, 6) is 0.838. The standard InChI is InChI=1S/C14H17ClN2OS/c1-9-4-12(5-10(2)14(9)15)18-7-13-17-11(6-16-3)8-19-13/h4-5,8,16H,6-7H2,1-3H3. The molecule has 0 spiro atoms. The van der Waals surface area contributed by atoms with E-state index < -0.39 is 0 Å². The van der Waals surface area contributed by atoms with Crippen molar-refractivity contribution in [1.29, 1.82) is 0 Å². The minimum atomic E-state index is 0.495. The first-order valence-electron chi connectivity index (χ1n) is 6.07. The third kappa shape index (κ3) is 3.69. The van der Waals surface area contributed by atoms with Crippen LogP contribution in [-0.2, 0) is 13.2 Å². The van der Waals surface area contributed by atoms with Gasteiger partial charge in [-0.05, 0) is 44.2 Å². The fourth-order valence-electron chi connectivity index (χ4n) is 1.81. The van der Waals surface area contributed by atoms with Crippen LogP contribution in [0.3, 0.4) is 0 Å². The van der Waals surface area contributed by atoms with Gasteiger partial charge in [0.1, 0.15) is 17.4 Å². The maximum absolute atomic E-state index is 6.13. The molecule has 0 aliphatic heterocycles. The molecular weight excluding hydrogens is 280 g/mol. The van der Waals surface area contributed by atoms with Gasteiger partial charge in [0.2, 0.25) is 0 Å². The fraction of sp³-hybridized carbons (Fsp3) is 0.357. The second-order valence-corrected chi connectivity index (χ2v) is 5.74. The molecule has 1 heterocycles. The van der Waals surface area contributed by atoms with Crippen LogP contribution >= 0.6 is 22.9 Å². The van der Waals surface area contributed by atoms with E-state index in [9.17, 15) is 0 Å². The molecule has 0 fully saturated rings. The number of aryl methyl sites for hydroxylation is 2. The Balaban J connectivity index is 2.01. The summed E-state index contributed by atoms with van der Waals surface area (Å²) in [5, 5.41) is 6.92. The van der Waals surface area contributed by atoms with Crippen LogP contribution in [-0.4, -0.2) is 12.0 Å². The van der Waals surface area contributed by atoms with Crippen molar-refractivity contribution < 1.29 is 4.74 Å². The summed E-state index contributed by atoms with van der Waals surface area (Å²) in [5.41, 5.74) is 3.12. The van der Waals surface area contributed by atoms with Crippen molar-refractivity contribution in [3.63, 3.8) is 0 Å². The van der Waals surface area contributed by atoms with Crippen LogP contribution in [0, 0.1) is 13.8 Å². The molecule has 102 valence electrons. The summed E-state index contributed by atoms with van der Waals surface area (Å²) in [6.45, 7) is 5.25. The average molecular weight is 297 g/mol. The van der Waals surface area contributed by atoms with Gasteiger partial charge in [-0.3, -0.25) is 0 Å². The Kier molecular flexibility index (Phi) is 4.80. The second-order valence-electron chi connectivity index (χ2n) is 4.42. The molecule has 1 aromatic carbocycles. The van der Waals surface area contributed by atoms with E-state index in [2.05, 4.69) is 10.3 Å². The Morgan fingerprint density at radius 2 is 2.00 bits per heavy atom. The van der Waals surface area contributed by atoms with Gasteiger partial charge in [-0.25, -0.2) is 4.98 Å². The number of benzene rings is 1. The van der Waals surface area contributed by atoms with Gasteiger partial charge in [0.05, 0.1) is 5.69 Å². The molecule has 1 aromatic heterocycles. The smallest absolute Gasteiger partial charge is 0.140 e. The Morgan fingerprint density at radius 3 is 2.63 bits per heavy atom. The van der Waals surface area contributed by atoms with Gasteiger partial charge in [-0.15, -0.1) is 11.3 Å². The predicted molar refractivity (Wildman–Crippen MR) is 80.1 cm³/mol. The number of hydrogen-bond donors (Lipinski definition) is 1. The van der Waals surface area contributed by atoms with E-state index in [0.29, 0.717) is 6.61 Å². The lowest BCUT2D eigenvalue weighted by Gasteiger charge is -2.08. The number of rotatable bonds is 5. The SMILES string of the molecule is CNCc1csc(COc2cc(C)c(Cl)c(C)c2)n1. The number of ether oxygens (including phenoxy) is 1. The van der Waals surface area contributed by atoms with Crippen LogP contribution in [0.15, 0.2) is 17.5 Å². The van der Waals surface area contributed by atoms with Crippen molar-refractivity contribution in [2.75, 3.05) is 7.05 Å². The van der Waals surface area contributed by atoms with E-state index >= 15 is 0 Å². The molecule has 0 atom stereocenters. The van der Waals surface area contributed by atoms with E-state index in [1.54, 1.807) is 11.3 Å². The fourth-order valence-corrected chi connectivity index (χ4v) is 2.63. The summed E-state index contributed by atoms with van der Waals surface area (Å²) < 4.78 is 5.77. The third-order valence-corrected chi connectivity index (χ3v) is 4.20. The van der Waals surface area contributed by atoms with Gasteiger partial charge in [-0.1, -0.05) is 11.6 Å². The molecule has 0 unspecified atom stereocenters. The lowest BCUT2D eigenvalue weighted by molar-refractivity contribution is 0.305. The van der Waals surface area contributed by atoms with Gasteiger partial charge in [0.25, 0.3) is 0 Å². The number of thiazole rings is 1. The van der Waals surface area contributed by atoms with Gasteiger partial charge in [-0.2, -0.15) is 0 Å². The highest BCUT2D eigenvalue weighted by Gasteiger charge is 2.06. The summed E-state index contributed by atoms with van der Waals surface area (Å²) >= 11 is 7.75. The van der Waals surface area contributed by atoms with Gasteiger partial charge in [0.15, 0.2) is 0 Å². The lowest BCUT2D eigenvalue weighted by Crippen LogP contribution is -2.05. The molecule has 2 aromatic rings. The highest BCUT2D eigenvalue weighted by molar-refractivity contribution is 7.09. The van der Waals surface area contributed by atoms with Gasteiger partial charge in [0, 0.05) is 16.9 Å². The van der Waals surface area contributed by atoms with Crippen LogP contribution < -0.4 is 10.1 Å². The Labute approximate surface area is 122 Å². The van der Waals surface area contributed by atoms with Crippen LogP contribution in [0.5, 0.6) is 5.75 Å². The molecule has 0 aliphatic rings. The van der Waals surface area contributed by atoms with Crippen LogP contribution in [0.4, 0.5) is 0 Å². The molecule has 1 N–H and O–H groups in total. The maximum Gasteiger partial charge on any atom is 0.140 e. The lowest BCUT2D eigenvalue weighted by atomic mass is 10.1. The minimum absolute atomic E-state index is 0.495. The number of aromatic nitrogens is 1. The van der Waals surface area contributed by atoms with Crippen molar-refractivity contribution in [2.24, 2.45) is 0 Å². The second kappa shape index (κ2) is 6.37. The zero-order valence-corrected chi connectivity index (χ0v) is 12.9. The van der Waals surface area contributed by atoms with Crippen molar-refractivity contribution in [1.82, 2.24) is 10.3 Å². The van der Waals surface area contributed by atoms with Crippen LogP contribution in [0.25, 0.3) is 0 Å². The molecule has 5 heteroatoms. The van der Waals surface area contributed by atoms with Gasteiger partial charge >= 0.3 is 0 Å². The molecular formula is C14H17ClN2OS. The van der Waals surface area contributed by atoms with Crippen LogP contribution in [0.1, 0.15) is 21.8 Å². The number of nitrogens with zero attached hydrogens (tertiary/aromatic N) is 1. The van der Waals surface area contributed by atoms with E-state index in [1.807, 2.05) is 38.4 Å². The first-order valence-corrected chi connectivity index (χ1v) is 7.33. The highest BCUT2D eigenvalue weighted by Crippen LogP contribution is 2.26. The molecule has 0 saturated carbocycles. The molecule has 2 rings (SSSR count). The van der Waals surface area contributed by atoms with E-state index in [4.69, 9.17) is 16.3 Å². The number of nitrogens with one attached hydrogen (secondary N) is 1. The zero-order chi connectivity index (χ0) is 13.8. The first kappa shape index (κ1) is 14.3. The summed E-state index contributed by atoms with van der Waals surface area (Å²) in [6.07, 6.45) is 0. The molecule has 19 heavy (non-hydrogen) atoms. The monoisotopic (exact) mass is 296 g/mol. The molecule has 0 bridgehead atoms. The topological polar surface area (TPSA) is 34.1 Å². The molecule has 0 aliphatic carbocycles. The normalized spacial score (nSPS) is 10.7. The maximum atomic E-state index is 6.13. The first-order chi connectivity index (χ1) is 9.10. The molecule has 0 saturated heterocycles. The molecule has 0 radical (unpaired) electrons. The predicted octanol–water partition coefficient (Wildman–Crippen LogP) is 3.71. The van der Waals surface area contributed by atoms with E-state index in [-0.39, 0.29) is 0 Å².